The van der Waals surface area contributed by atoms with E-state index >= 15 is 0 Å². The lowest BCUT2D eigenvalue weighted by atomic mass is 10.4. The molecule has 5 nitrogen and oxygen atoms in total. The maximum absolute atomic E-state index is 10.7. The van der Waals surface area contributed by atoms with Crippen molar-refractivity contribution in [2.24, 2.45) is 5.11 Å². The van der Waals surface area contributed by atoms with Gasteiger partial charge < -0.3 is 4.74 Å². The van der Waals surface area contributed by atoms with Crippen molar-refractivity contribution in [1.82, 2.24) is 0 Å². The Hall–Kier alpha value is -1.00. The molecule has 0 spiro atoms. The Morgan fingerprint density at radius 1 is 1.73 bits per heavy atom. The third-order valence-corrected chi connectivity index (χ3v) is 1.77. The van der Waals surface area contributed by atoms with Gasteiger partial charge in [0.25, 0.3) is 0 Å². The molecular formula is C5H6BrN3O2. The number of carbonyl (C=O) groups is 1. The number of ether oxygens (including phenoxy) is 1. The molecule has 0 aromatic heterocycles. The van der Waals surface area contributed by atoms with E-state index < -0.39 is 5.97 Å². The Balaban J connectivity index is 4.65. The molecule has 0 radical (unpaired) electrons. The van der Waals surface area contributed by atoms with Crippen molar-refractivity contribution in [1.29, 1.82) is 0 Å². The summed E-state index contributed by atoms with van der Waals surface area (Å²) in [6.45, 7) is 1.50. The Labute approximate surface area is 71.8 Å². The van der Waals surface area contributed by atoms with E-state index in [1.165, 1.54) is 14.0 Å². The van der Waals surface area contributed by atoms with Crippen LogP contribution < -0.4 is 0 Å². The van der Waals surface area contributed by atoms with E-state index in [9.17, 15) is 4.79 Å². The van der Waals surface area contributed by atoms with Gasteiger partial charge in [0, 0.05) is 10.6 Å². The van der Waals surface area contributed by atoms with Gasteiger partial charge in [0.05, 0.1) is 7.11 Å². The summed E-state index contributed by atoms with van der Waals surface area (Å²) in [7, 11) is 1.24. The van der Waals surface area contributed by atoms with E-state index in [1.54, 1.807) is 0 Å². The highest BCUT2D eigenvalue weighted by Crippen LogP contribution is 2.14. The first-order valence-electron chi connectivity index (χ1n) is 2.63. The highest BCUT2D eigenvalue weighted by atomic mass is 79.9. The van der Waals surface area contributed by atoms with Crippen molar-refractivity contribution >= 4 is 21.9 Å². The van der Waals surface area contributed by atoms with Crippen molar-refractivity contribution in [2.75, 3.05) is 7.11 Å². The first-order valence-corrected chi connectivity index (χ1v) is 3.42. The van der Waals surface area contributed by atoms with Gasteiger partial charge in [0.2, 0.25) is 0 Å². The smallest absolute Gasteiger partial charge is 0.345 e. The number of carbonyl (C=O) groups excluding carboxylic acids is 1. The molecule has 0 fully saturated rings. The van der Waals surface area contributed by atoms with E-state index in [0.29, 0.717) is 0 Å². The number of nitrogens with zero attached hydrogens (tertiary/aromatic N) is 3. The molecule has 0 amide bonds. The van der Waals surface area contributed by atoms with Crippen molar-refractivity contribution in [3.63, 3.8) is 0 Å². The zero-order chi connectivity index (χ0) is 8.85. The normalized spacial score (nSPS) is 11.2. The van der Waals surface area contributed by atoms with Crippen LogP contribution >= 0.6 is 15.9 Å². The zero-order valence-corrected chi connectivity index (χ0v) is 7.62. The molecule has 0 atom stereocenters. The van der Waals surface area contributed by atoms with Crippen LogP contribution in [0.2, 0.25) is 0 Å². The molecule has 0 aliphatic carbocycles. The van der Waals surface area contributed by atoms with Crippen molar-refractivity contribution in [2.45, 2.75) is 6.92 Å². The fourth-order valence-electron chi connectivity index (χ4n) is 0.348. The number of methoxy groups -OCH3 is 1. The second-order valence-electron chi connectivity index (χ2n) is 1.58. The van der Waals surface area contributed by atoms with Gasteiger partial charge in [-0.2, -0.15) is 0 Å². The number of azide groups is 1. The molecule has 0 heterocycles. The number of halogens is 1. The van der Waals surface area contributed by atoms with E-state index in [4.69, 9.17) is 5.53 Å². The Bertz CT molecular complexity index is 242. The van der Waals surface area contributed by atoms with E-state index in [1.807, 2.05) is 0 Å². The van der Waals surface area contributed by atoms with Gasteiger partial charge in [-0.3, -0.25) is 0 Å². The van der Waals surface area contributed by atoms with Gasteiger partial charge in [-0.1, -0.05) is 5.11 Å². The predicted molar refractivity (Wildman–Crippen MR) is 42.8 cm³/mol. The summed E-state index contributed by atoms with van der Waals surface area (Å²) in [6.07, 6.45) is 0. The van der Waals surface area contributed by atoms with Crippen LogP contribution in [-0.2, 0) is 9.53 Å². The highest BCUT2D eigenvalue weighted by molar-refractivity contribution is 9.12. The monoisotopic (exact) mass is 219 g/mol. The molecule has 0 rings (SSSR count). The third-order valence-electron chi connectivity index (χ3n) is 0.877. The number of hydrogen-bond acceptors (Lipinski definition) is 3. The van der Waals surface area contributed by atoms with Crippen molar-refractivity contribution < 1.29 is 9.53 Å². The number of allylic oxidation sites excluding steroid dienone is 1. The van der Waals surface area contributed by atoms with Gasteiger partial charge in [-0.05, 0) is 28.4 Å². The van der Waals surface area contributed by atoms with Gasteiger partial charge in [0.1, 0.15) is 4.48 Å². The summed E-state index contributed by atoms with van der Waals surface area (Å²) in [5.74, 6) is -0.560. The Morgan fingerprint density at radius 2 is 2.27 bits per heavy atom. The molecule has 0 bridgehead atoms. The molecule has 0 N–H and O–H groups in total. The SMILES string of the molecule is COC(=O)/C(Br)=C(\C)N=[N+]=[N-]. The van der Waals surface area contributed by atoms with Crippen molar-refractivity contribution in [3.8, 4) is 0 Å². The van der Waals surface area contributed by atoms with E-state index in [2.05, 4.69) is 30.7 Å². The summed E-state index contributed by atoms with van der Waals surface area (Å²) in [6, 6.07) is 0. The average molecular weight is 220 g/mol. The second-order valence-corrected chi connectivity index (χ2v) is 2.37. The molecule has 0 unspecified atom stereocenters. The van der Waals surface area contributed by atoms with Crippen LogP contribution in [0.25, 0.3) is 10.4 Å². The molecule has 11 heavy (non-hydrogen) atoms. The van der Waals surface area contributed by atoms with Crippen LogP contribution in [0.1, 0.15) is 6.92 Å². The molecule has 6 heteroatoms. The van der Waals surface area contributed by atoms with Crippen LogP contribution in [-0.4, -0.2) is 13.1 Å². The minimum absolute atomic E-state index is 0.137. The molecule has 0 aromatic carbocycles. The van der Waals surface area contributed by atoms with Crippen LogP contribution in [0.4, 0.5) is 0 Å². The topological polar surface area (TPSA) is 75.1 Å². The minimum atomic E-state index is -0.560. The summed E-state index contributed by atoms with van der Waals surface area (Å²) >= 11 is 2.91. The van der Waals surface area contributed by atoms with Gasteiger partial charge in [0.15, 0.2) is 0 Å². The van der Waals surface area contributed by atoms with Crippen LogP contribution in [0.3, 0.4) is 0 Å². The fraction of sp³-hybridized carbons (Fsp3) is 0.400. The first-order chi connectivity index (χ1) is 5.13. The second kappa shape index (κ2) is 4.76. The molecule has 0 saturated heterocycles. The largest absolute Gasteiger partial charge is 0.465 e. The molecule has 60 valence electrons. The Kier molecular flexibility index (Phi) is 4.33. The predicted octanol–water partition coefficient (Wildman–Crippen LogP) is 2.10. The number of rotatable bonds is 2. The highest BCUT2D eigenvalue weighted by Gasteiger charge is 2.07. The molecule has 0 aromatic rings. The lowest BCUT2D eigenvalue weighted by Gasteiger charge is -1.96. The molecule has 0 aliphatic rings. The van der Waals surface area contributed by atoms with Crippen LogP contribution in [0, 0.1) is 0 Å². The lowest BCUT2D eigenvalue weighted by Crippen LogP contribution is -2.00. The molecule has 0 aliphatic heterocycles. The maximum atomic E-state index is 10.7. The standard InChI is InChI=1S/C5H6BrN3O2/c1-3(8-9-7)4(6)5(10)11-2/h1-2H3/b4-3-. The summed E-state index contributed by atoms with van der Waals surface area (Å²) in [5, 5.41) is 3.21. The van der Waals surface area contributed by atoms with Gasteiger partial charge >= 0.3 is 5.97 Å². The van der Waals surface area contributed by atoms with Crippen molar-refractivity contribution in [3.05, 3.63) is 20.6 Å². The average Bonchev–Trinajstić information content (AvgIpc) is 2.02. The van der Waals surface area contributed by atoms with Gasteiger partial charge in [-0.25, -0.2) is 4.79 Å². The Morgan fingerprint density at radius 3 is 2.64 bits per heavy atom. The minimum Gasteiger partial charge on any atom is -0.465 e. The number of esters is 1. The zero-order valence-electron chi connectivity index (χ0n) is 6.04. The van der Waals surface area contributed by atoms with Crippen LogP contribution in [0.5, 0.6) is 0 Å². The summed E-state index contributed by atoms with van der Waals surface area (Å²) < 4.78 is 4.49. The molecule has 0 saturated carbocycles. The molecular weight excluding hydrogens is 214 g/mol. The quantitative estimate of drug-likeness (QED) is 0.235. The first kappa shape index (κ1) is 10.0. The van der Waals surface area contributed by atoms with Crippen LogP contribution in [0.15, 0.2) is 15.3 Å². The lowest BCUT2D eigenvalue weighted by molar-refractivity contribution is -0.135. The van der Waals surface area contributed by atoms with E-state index in [-0.39, 0.29) is 10.2 Å². The number of hydrogen-bond donors (Lipinski definition) is 0. The maximum Gasteiger partial charge on any atom is 0.345 e. The summed E-state index contributed by atoms with van der Waals surface area (Å²) in [4.78, 5) is 13.2. The fourth-order valence-corrected chi connectivity index (χ4v) is 0.589. The van der Waals surface area contributed by atoms with Gasteiger partial charge in [-0.15, -0.1) is 0 Å². The summed E-state index contributed by atoms with van der Waals surface area (Å²) in [5.41, 5.74) is 8.24. The van der Waals surface area contributed by atoms with E-state index in [0.717, 1.165) is 0 Å². The third kappa shape index (κ3) is 3.06.